The van der Waals surface area contributed by atoms with Crippen LogP contribution in [-0.4, -0.2) is 34.6 Å². The molecule has 2 rings (SSSR count). The maximum atomic E-state index is 13.2. The van der Waals surface area contributed by atoms with Crippen molar-refractivity contribution in [1.82, 2.24) is 15.4 Å². The number of ether oxygens (including phenoxy) is 1. The van der Waals surface area contributed by atoms with E-state index in [0.717, 1.165) is 0 Å². The van der Waals surface area contributed by atoms with Gasteiger partial charge in [0.2, 0.25) is 11.8 Å². The first-order chi connectivity index (χ1) is 13.4. The summed E-state index contributed by atoms with van der Waals surface area (Å²) in [7, 11) is 0. The number of halogens is 5. The normalized spacial score (nSPS) is 15.6. The fourth-order valence-electron chi connectivity index (χ4n) is 2.26. The Labute approximate surface area is 164 Å². The van der Waals surface area contributed by atoms with Crippen molar-refractivity contribution >= 4 is 11.7 Å². The van der Waals surface area contributed by atoms with E-state index in [1.807, 2.05) is 0 Å². The van der Waals surface area contributed by atoms with Gasteiger partial charge in [-0.3, -0.25) is 9.80 Å². The third-order valence-corrected chi connectivity index (χ3v) is 4.03. The molecule has 0 aromatic carbocycles. The Bertz CT molecular complexity index is 793. The summed E-state index contributed by atoms with van der Waals surface area (Å²) in [6.45, 7) is 3.26. The fourth-order valence-corrected chi connectivity index (χ4v) is 2.26. The Kier molecular flexibility index (Phi) is 6.70. The number of nitrogens with one attached hydrogen (secondary N) is 2. The monoisotopic (exact) mass is 420 g/mol. The van der Waals surface area contributed by atoms with Gasteiger partial charge >= 0.3 is 12.1 Å². The largest absolute Gasteiger partial charge is 0.471 e. The number of rotatable bonds is 7. The maximum absolute atomic E-state index is 13.2. The third-order valence-electron chi connectivity index (χ3n) is 4.03. The Morgan fingerprint density at radius 3 is 2.59 bits per heavy atom. The van der Waals surface area contributed by atoms with Crippen LogP contribution in [0.15, 0.2) is 42.6 Å². The van der Waals surface area contributed by atoms with Gasteiger partial charge in [-0.15, -0.1) is 0 Å². The molecule has 29 heavy (non-hydrogen) atoms. The van der Waals surface area contributed by atoms with Gasteiger partial charge in [-0.05, 0) is 30.7 Å². The molecule has 0 spiro atoms. The lowest BCUT2D eigenvalue weighted by Crippen LogP contribution is -2.43. The van der Waals surface area contributed by atoms with Gasteiger partial charge < -0.3 is 15.5 Å². The van der Waals surface area contributed by atoms with Crippen LogP contribution < -0.4 is 10.7 Å². The molecule has 0 fully saturated rings. The van der Waals surface area contributed by atoms with Crippen LogP contribution in [0.3, 0.4) is 0 Å². The molecule has 1 aliphatic rings. The second-order valence-corrected chi connectivity index (χ2v) is 6.65. The van der Waals surface area contributed by atoms with E-state index in [9.17, 15) is 26.7 Å². The number of alkyl halides is 5. The van der Waals surface area contributed by atoms with Crippen molar-refractivity contribution in [3.63, 3.8) is 0 Å². The molecular formula is C18H21F5N4O2. The highest BCUT2D eigenvalue weighted by Gasteiger charge is 2.58. The van der Waals surface area contributed by atoms with E-state index in [1.165, 1.54) is 29.6 Å². The van der Waals surface area contributed by atoms with Gasteiger partial charge in [0.05, 0.1) is 6.04 Å². The zero-order valence-electron chi connectivity index (χ0n) is 15.9. The minimum absolute atomic E-state index is 0.214. The second-order valence-electron chi connectivity index (χ2n) is 6.65. The van der Waals surface area contributed by atoms with Crippen molar-refractivity contribution in [3.8, 4) is 0 Å². The number of pyridine rings is 1. The topological polar surface area (TPSA) is 66.5 Å². The molecule has 1 aromatic heterocycles. The van der Waals surface area contributed by atoms with Crippen molar-refractivity contribution in [2.75, 3.05) is 11.9 Å². The van der Waals surface area contributed by atoms with Gasteiger partial charge in [0, 0.05) is 24.4 Å². The number of amides is 1. The number of hydrogen-bond acceptors (Lipinski definition) is 5. The van der Waals surface area contributed by atoms with Gasteiger partial charge in [-0.2, -0.15) is 22.0 Å². The molecule has 0 saturated heterocycles. The quantitative estimate of drug-likeness (QED) is 0.650. The van der Waals surface area contributed by atoms with Crippen molar-refractivity contribution < 1.29 is 31.5 Å². The van der Waals surface area contributed by atoms with E-state index in [1.54, 1.807) is 32.9 Å². The molecule has 1 aromatic rings. The maximum Gasteiger partial charge on any atom is 0.456 e. The standard InChI is InChI=1S/C18H21F5N4O2/c1-11(2)16(28)26-14-9-13(6-8-24-14)12(3)27-15(5-4-7-25-27)29-10-17(19,20)18(21,22)23/h4-9,11-12,25H,10H2,1-3H3,(H,24,26,28). The smallest absolute Gasteiger partial charge is 0.456 e. The summed E-state index contributed by atoms with van der Waals surface area (Å²) < 4.78 is 68.3. The Balaban J connectivity index is 2.15. The summed E-state index contributed by atoms with van der Waals surface area (Å²) in [4.78, 5) is 15.9. The molecule has 0 bridgehead atoms. The van der Waals surface area contributed by atoms with Crippen LogP contribution in [-0.2, 0) is 9.53 Å². The van der Waals surface area contributed by atoms with Gasteiger partial charge in [0.15, 0.2) is 6.61 Å². The summed E-state index contributed by atoms with van der Waals surface area (Å²) in [6, 6.07) is 2.65. The average Bonchev–Trinajstić information content (AvgIpc) is 2.65. The van der Waals surface area contributed by atoms with Crippen molar-refractivity contribution in [1.29, 1.82) is 0 Å². The SMILES string of the molecule is CC(C)C(=O)Nc1cc(C(C)N2NC=CC=C2OCC(F)(F)C(F)(F)F)ccn1. The molecule has 6 nitrogen and oxygen atoms in total. The first kappa shape index (κ1) is 22.4. The number of allylic oxidation sites excluding steroid dienone is 2. The average molecular weight is 420 g/mol. The summed E-state index contributed by atoms with van der Waals surface area (Å²) >= 11 is 0. The van der Waals surface area contributed by atoms with Crippen LogP contribution in [0, 0.1) is 5.92 Å². The lowest BCUT2D eigenvalue weighted by molar-refractivity contribution is -0.295. The predicted octanol–water partition coefficient (Wildman–Crippen LogP) is 4.13. The van der Waals surface area contributed by atoms with E-state index < -0.39 is 24.7 Å². The molecule has 2 N–H and O–H groups in total. The van der Waals surface area contributed by atoms with Crippen LogP contribution in [0.4, 0.5) is 27.8 Å². The van der Waals surface area contributed by atoms with Crippen LogP contribution in [0.25, 0.3) is 0 Å². The van der Waals surface area contributed by atoms with Crippen molar-refractivity contribution in [2.24, 2.45) is 5.92 Å². The second kappa shape index (κ2) is 8.66. The molecule has 0 saturated carbocycles. The number of nitrogens with zero attached hydrogens (tertiary/aromatic N) is 2. The van der Waals surface area contributed by atoms with Gasteiger partial charge in [-0.1, -0.05) is 13.8 Å². The van der Waals surface area contributed by atoms with E-state index in [4.69, 9.17) is 4.74 Å². The van der Waals surface area contributed by atoms with E-state index in [0.29, 0.717) is 5.56 Å². The zero-order valence-corrected chi connectivity index (χ0v) is 15.9. The first-order valence-electron chi connectivity index (χ1n) is 8.69. The molecule has 0 aliphatic carbocycles. The molecule has 11 heteroatoms. The van der Waals surface area contributed by atoms with Gasteiger partial charge in [0.25, 0.3) is 0 Å². The molecule has 1 unspecified atom stereocenters. The van der Waals surface area contributed by atoms with E-state index >= 15 is 0 Å². The highest BCUT2D eigenvalue weighted by Crippen LogP contribution is 2.36. The minimum atomic E-state index is -5.71. The number of carbonyl (C=O) groups is 1. The summed E-state index contributed by atoms with van der Waals surface area (Å²) in [5, 5.41) is 3.93. The number of carbonyl (C=O) groups excluding carboxylic acids is 1. The molecule has 1 atom stereocenters. The van der Waals surface area contributed by atoms with Crippen molar-refractivity contribution in [2.45, 2.75) is 38.9 Å². The van der Waals surface area contributed by atoms with Crippen LogP contribution in [0.5, 0.6) is 0 Å². The summed E-state index contributed by atoms with van der Waals surface area (Å²) in [5.41, 5.74) is 3.36. The minimum Gasteiger partial charge on any atom is -0.471 e. The third kappa shape index (κ3) is 5.58. The lowest BCUT2D eigenvalue weighted by Gasteiger charge is -2.34. The molecule has 0 radical (unpaired) electrons. The summed E-state index contributed by atoms with van der Waals surface area (Å²) in [5.74, 6) is -5.41. The molecule has 1 aliphatic heterocycles. The van der Waals surface area contributed by atoms with E-state index in [2.05, 4.69) is 15.7 Å². The number of hydrogen-bond donors (Lipinski definition) is 2. The Hall–Kier alpha value is -2.85. The number of aromatic nitrogens is 1. The molecule has 2 heterocycles. The van der Waals surface area contributed by atoms with Crippen LogP contribution >= 0.6 is 0 Å². The van der Waals surface area contributed by atoms with Crippen LogP contribution in [0.2, 0.25) is 0 Å². The lowest BCUT2D eigenvalue weighted by atomic mass is 10.1. The van der Waals surface area contributed by atoms with E-state index in [-0.39, 0.29) is 23.5 Å². The number of anilines is 1. The molecule has 160 valence electrons. The molecule has 1 amide bonds. The summed E-state index contributed by atoms with van der Waals surface area (Å²) in [6.07, 6.45) is -0.124. The van der Waals surface area contributed by atoms with Crippen molar-refractivity contribution in [3.05, 3.63) is 48.1 Å². The first-order valence-corrected chi connectivity index (χ1v) is 8.69. The predicted molar refractivity (Wildman–Crippen MR) is 95.3 cm³/mol. The number of hydrazine groups is 1. The van der Waals surface area contributed by atoms with Gasteiger partial charge in [0.1, 0.15) is 5.82 Å². The highest BCUT2D eigenvalue weighted by molar-refractivity contribution is 5.91. The Morgan fingerprint density at radius 2 is 1.97 bits per heavy atom. The highest BCUT2D eigenvalue weighted by atomic mass is 19.4. The fraction of sp³-hybridized carbons (Fsp3) is 0.444. The molecular weight excluding hydrogens is 399 g/mol. The van der Waals surface area contributed by atoms with Gasteiger partial charge in [-0.25, -0.2) is 4.98 Å². The van der Waals surface area contributed by atoms with Crippen LogP contribution in [0.1, 0.15) is 32.4 Å². The Morgan fingerprint density at radius 1 is 1.28 bits per heavy atom. The zero-order chi connectivity index (χ0) is 21.8.